The Morgan fingerprint density at radius 1 is 0.377 bits per heavy atom. The molecule has 2 nitrogen and oxygen atoms in total. The third kappa shape index (κ3) is 4.33. The molecule has 248 valence electrons. The highest BCUT2D eigenvalue weighted by molar-refractivity contribution is 6.01. The van der Waals surface area contributed by atoms with Gasteiger partial charge in [0.2, 0.25) is 0 Å². The molecule has 0 aromatic heterocycles. The van der Waals surface area contributed by atoms with Crippen LogP contribution < -0.4 is 9.64 Å². The van der Waals surface area contributed by atoms with Gasteiger partial charge in [0.1, 0.15) is 11.5 Å². The molecule has 9 aromatic rings. The van der Waals surface area contributed by atoms with E-state index < -0.39 is 5.41 Å². The standard InChI is InChI=1S/C51H33NO/c1-2-13-34(14-3-1)35-25-28-38(29-26-35)52(48-23-12-17-36-15-4-6-18-40(36)48)39-30-31-43-42-20-8-9-21-44(42)51(47(43)33-39)45-22-10-11-24-49(45)53-50-41-19-7-5-16-37(41)27-32-46(50)51/h1-33H. The van der Waals surface area contributed by atoms with Crippen molar-refractivity contribution in [3.63, 3.8) is 0 Å². The molecule has 0 amide bonds. The number of hydrogen-bond acceptors (Lipinski definition) is 2. The van der Waals surface area contributed by atoms with E-state index in [1.54, 1.807) is 0 Å². The third-order valence-corrected chi connectivity index (χ3v) is 11.3. The van der Waals surface area contributed by atoms with Crippen LogP contribution in [-0.2, 0) is 5.41 Å². The molecule has 2 aliphatic rings. The Balaban J connectivity index is 1.20. The average molecular weight is 676 g/mol. The number of benzene rings is 9. The van der Waals surface area contributed by atoms with E-state index in [4.69, 9.17) is 4.74 Å². The van der Waals surface area contributed by atoms with Crippen LogP contribution in [0.25, 0.3) is 43.8 Å². The lowest BCUT2D eigenvalue weighted by Crippen LogP contribution is -2.32. The van der Waals surface area contributed by atoms with Gasteiger partial charge in [0.25, 0.3) is 0 Å². The van der Waals surface area contributed by atoms with Crippen LogP contribution in [0.5, 0.6) is 11.5 Å². The normalized spacial score (nSPS) is 15.0. The van der Waals surface area contributed by atoms with E-state index in [0.717, 1.165) is 39.5 Å². The van der Waals surface area contributed by atoms with E-state index in [0.29, 0.717) is 0 Å². The molecular weight excluding hydrogens is 643 g/mol. The fourth-order valence-corrected chi connectivity index (χ4v) is 9.02. The minimum Gasteiger partial charge on any atom is -0.456 e. The zero-order chi connectivity index (χ0) is 34.9. The van der Waals surface area contributed by atoms with E-state index in [2.05, 4.69) is 205 Å². The summed E-state index contributed by atoms with van der Waals surface area (Å²) in [5.74, 6) is 1.82. The first-order valence-electron chi connectivity index (χ1n) is 18.3. The third-order valence-electron chi connectivity index (χ3n) is 11.3. The maximum Gasteiger partial charge on any atom is 0.140 e. The Labute approximate surface area is 308 Å². The summed E-state index contributed by atoms with van der Waals surface area (Å²) in [6.45, 7) is 0. The van der Waals surface area contributed by atoms with Crippen molar-refractivity contribution in [2.75, 3.05) is 4.90 Å². The number of nitrogens with zero attached hydrogens (tertiary/aromatic N) is 1. The number of ether oxygens (including phenoxy) is 1. The first-order chi connectivity index (χ1) is 26.3. The van der Waals surface area contributed by atoms with Crippen molar-refractivity contribution in [2.24, 2.45) is 0 Å². The van der Waals surface area contributed by atoms with Gasteiger partial charge in [0.15, 0.2) is 0 Å². The van der Waals surface area contributed by atoms with E-state index >= 15 is 0 Å². The van der Waals surface area contributed by atoms with E-state index in [1.165, 1.54) is 55.1 Å². The summed E-state index contributed by atoms with van der Waals surface area (Å²) in [6, 6.07) is 72.7. The molecule has 1 spiro atoms. The van der Waals surface area contributed by atoms with Crippen LogP contribution in [0.1, 0.15) is 22.3 Å². The van der Waals surface area contributed by atoms with Crippen LogP contribution in [0.15, 0.2) is 200 Å². The van der Waals surface area contributed by atoms with Gasteiger partial charge in [-0.1, -0.05) is 164 Å². The van der Waals surface area contributed by atoms with Crippen molar-refractivity contribution in [2.45, 2.75) is 5.41 Å². The molecule has 0 saturated carbocycles. The molecule has 11 rings (SSSR count). The summed E-state index contributed by atoms with van der Waals surface area (Å²) in [5.41, 5.74) is 12.5. The second kappa shape index (κ2) is 11.6. The smallest absolute Gasteiger partial charge is 0.140 e. The molecule has 0 bridgehead atoms. The fourth-order valence-electron chi connectivity index (χ4n) is 9.02. The van der Waals surface area contributed by atoms with Gasteiger partial charge in [-0.2, -0.15) is 0 Å². The molecule has 53 heavy (non-hydrogen) atoms. The first kappa shape index (κ1) is 29.8. The highest BCUT2D eigenvalue weighted by Gasteiger charge is 2.51. The molecular formula is C51H33NO. The second-order valence-electron chi connectivity index (χ2n) is 14.0. The van der Waals surface area contributed by atoms with Crippen LogP contribution >= 0.6 is 0 Å². The number of hydrogen-bond donors (Lipinski definition) is 0. The largest absolute Gasteiger partial charge is 0.456 e. The summed E-state index contributed by atoms with van der Waals surface area (Å²) >= 11 is 0. The van der Waals surface area contributed by atoms with Crippen LogP contribution in [-0.4, -0.2) is 0 Å². The number of fused-ring (bicyclic) bond motifs is 12. The minimum atomic E-state index is -0.586. The van der Waals surface area contributed by atoms with Crippen molar-refractivity contribution in [3.05, 3.63) is 222 Å². The van der Waals surface area contributed by atoms with Gasteiger partial charge in [-0.3, -0.25) is 0 Å². The van der Waals surface area contributed by atoms with Crippen LogP contribution in [0.3, 0.4) is 0 Å². The number of para-hydroxylation sites is 1. The fraction of sp³-hybridized carbons (Fsp3) is 0.0196. The van der Waals surface area contributed by atoms with Gasteiger partial charge >= 0.3 is 0 Å². The average Bonchev–Trinajstić information content (AvgIpc) is 3.51. The molecule has 0 saturated heterocycles. The lowest BCUT2D eigenvalue weighted by Gasteiger charge is -2.40. The predicted octanol–water partition coefficient (Wildman–Crippen LogP) is 13.6. The van der Waals surface area contributed by atoms with Crippen LogP contribution in [0, 0.1) is 0 Å². The van der Waals surface area contributed by atoms with Crippen molar-refractivity contribution >= 4 is 38.6 Å². The summed E-state index contributed by atoms with van der Waals surface area (Å²) in [7, 11) is 0. The highest BCUT2D eigenvalue weighted by Crippen LogP contribution is 2.63. The lowest BCUT2D eigenvalue weighted by molar-refractivity contribution is 0.441. The molecule has 2 heteroatoms. The Kier molecular flexibility index (Phi) is 6.50. The van der Waals surface area contributed by atoms with Gasteiger partial charge in [-0.05, 0) is 80.6 Å². The van der Waals surface area contributed by atoms with Gasteiger partial charge in [0, 0.05) is 33.3 Å². The molecule has 1 aliphatic carbocycles. The van der Waals surface area contributed by atoms with Crippen molar-refractivity contribution in [1.82, 2.24) is 0 Å². The molecule has 0 N–H and O–H groups in total. The zero-order valence-corrected chi connectivity index (χ0v) is 28.9. The Morgan fingerprint density at radius 3 is 1.85 bits per heavy atom. The van der Waals surface area contributed by atoms with Gasteiger partial charge in [0.05, 0.1) is 11.1 Å². The van der Waals surface area contributed by atoms with Crippen molar-refractivity contribution in [1.29, 1.82) is 0 Å². The van der Waals surface area contributed by atoms with Crippen molar-refractivity contribution < 1.29 is 4.74 Å². The second-order valence-corrected chi connectivity index (χ2v) is 14.0. The quantitative estimate of drug-likeness (QED) is 0.184. The summed E-state index contributed by atoms with van der Waals surface area (Å²) in [5, 5.41) is 4.70. The molecule has 0 radical (unpaired) electrons. The zero-order valence-electron chi connectivity index (χ0n) is 28.9. The summed E-state index contributed by atoms with van der Waals surface area (Å²) < 4.78 is 6.91. The molecule has 9 aromatic carbocycles. The molecule has 1 aliphatic heterocycles. The van der Waals surface area contributed by atoms with E-state index in [-0.39, 0.29) is 0 Å². The SMILES string of the molecule is c1ccc(-c2ccc(N(c3ccc4c(c3)C3(c5ccccc5Oc5c3ccc3ccccc53)c3ccccc3-4)c3cccc4ccccc34)cc2)cc1. The number of rotatable bonds is 4. The minimum absolute atomic E-state index is 0.586. The Bertz CT molecular complexity index is 2870. The monoisotopic (exact) mass is 675 g/mol. The molecule has 0 fully saturated rings. The molecule has 1 unspecified atom stereocenters. The molecule has 1 atom stereocenters. The van der Waals surface area contributed by atoms with Crippen LogP contribution in [0.4, 0.5) is 17.1 Å². The first-order valence-corrected chi connectivity index (χ1v) is 18.3. The molecule has 1 heterocycles. The summed E-state index contributed by atoms with van der Waals surface area (Å²) in [6.07, 6.45) is 0. The lowest BCUT2D eigenvalue weighted by atomic mass is 9.65. The predicted molar refractivity (Wildman–Crippen MR) is 219 cm³/mol. The highest BCUT2D eigenvalue weighted by atomic mass is 16.5. The van der Waals surface area contributed by atoms with Gasteiger partial charge < -0.3 is 9.64 Å². The van der Waals surface area contributed by atoms with E-state index in [9.17, 15) is 0 Å². The topological polar surface area (TPSA) is 12.5 Å². The Hall–Kier alpha value is -6.90. The maximum atomic E-state index is 6.91. The number of anilines is 3. The van der Waals surface area contributed by atoms with Crippen LogP contribution in [0.2, 0.25) is 0 Å². The van der Waals surface area contributed by atoms with E-state index in [1.807, 2.05) is 0 Å². The van der Waals surface area contributed by atoms with Gasteiger partial charge in [-0.25, -0.2) is 0 Å². The summed E-state index contributed by atoms with van der Waals surface area (Å²) in [4.78, 5) is 2.43. The van der Waals surface area contributed by atoms with Gasteiger partial charge in [-0.15, -0.1) is 0 Å². The maximum absolute atomic E-state index is 6.91. The van der Waals surface area contributed by atoms with Crippen molar-refractivity contribution in [3.8, 4) is 33.8 Å². The Morgan fingerprint density at radius 2 is 1.00 bits per heavy atom.